The fraction of sp³-hybridized carbons (Fsp3) is 0.600. The molecule has 0 aliphatic heterocycles. The lowest BCUT2D eigenvalue weighted by Gasteiger charge is -2.21. The van der Waals surface area contributed by atoms with Crippen LogP contribution in [0.3, 0.4) is 0 Å². The highest BCUT2D eigenvalue weighted by Crippen LogP contribution is 2.20. The van der Waals surface area contributed by atoms with Crippen LogP contribution in [0, 0.1) is 6.92 Å². The molecule has 0 radical (unpaired) electrons. The number of nitrogens with zero attached hydrogens (tertiary/aromatic N) is 1. The van der Waals surface area contributed by atoms with Crippen LogP contribution >= 0.6 is 0 Å². The first kappa shape index (κ1) is 17.4. The van der Waals surface area contributed by atoms with Gasteiger partial charge in [0.25, 0.3) is 5.91 Å². The molecular formula is C15H24N2O4. The van der Waals surface area contributed by atoms with Crippen molar-refractivity contribution in [2.45, 2.75) is 33.3 Å². The molecule has 1 heterocycles. The third-order valence-electron chi connectivity index (χ3n) is 3.02. The van der Waals surface area contributed by atoms with Crippen LogP contribution in [0.2, 0.25) is 0 Å². The van der Waals surface area contributed by atoms with E-state index in [9.17, 15) is 4.79 Å². The van der Waals surface area contributed by atoms with E-state index in [1.54, 1.807) is 20.0 Å². The molecule has 1 aromatic rings. The first-order valence-electron chi connectivity index (χ1n) is 6.94. The second-order valence-corrected chi connectivity index (χ2v) is 5.06. The van der Waals surface area contributed by atoms with Crippen molar-refractivity contribution in [2.75, 3.05) is 32.2 Å². The number of anilines is 1. The zero-order valence-corrected chi connectivity index (χ0v) is 13.4. The zero-order chi connectivity index (χ0) is 15.9. The Bertz CT molecular complexity index is 475. The number of amides is 1. The average molecular weight is 296 g/mol. The molecule has 0 fully saturated rings. The Morgan fingerprint density at radius 3 is 2.67 bits per heavy atom. The number of carbonyl (C=O) groups excluding carboxylic acids is 1. The Labute approximate surface area is 125 Å². The van der Waals surface area contributed by atoms with E-state index < -0.39 is 5.60 Å². The SMILES string of the molecule is CCOCCOc1ncc(NC(=O)C(C)(C)OC)cc1C. The molecule has 118 valence electrons. The standard InChI is InChI=1S/C15H24N2O4/c1-6-20-7-8-21-13-11(2)9-12(10-16-13)17-14(18)15(3,4)19-5/h9-10H,6-8H2,1-5H3,(H,17,18). The van der Waals surface area contributed by atoms with Gasteiger partial charge in [-0.25, -0.2) is 4.98 Å². The van der Waals surface area contributed by atoms with Gasteiger partial charge >= 0.3 is 0 Å². The maximum Gasteiger partial charge on any atom is 0.256 e. The van der Waals surface area contributed by atoms with Crippen LogP contribution in [0.15, 0.2) is 12.3 Å². The first-order chi connectivity index (χ1) is 9.90. The minimum Gasteiger partial charge on any atom is -0.475 e. The van der Waals surface area contributed by atoms with Gasteiger partial charge < -0.3 is 19.5 Å². The molecule has 21 heavy (non-hydrogen) atoms. The van der Waals surface area contributed by atoms with E-state index in [0.717, 1.165) is 5.56 Å². The van der Waals surface area contributed by atoms with Crippen molar-refractivity contribution in [3.8, 4) is 5.88 Å². The van der Waals surface area contributed by atoms with Gasteiger partial charge in [0.2, 0.25) is 5.88 Å². The third kappa shape index (κ3) is 5.32. The average Bonchev–Trinajstić information content (AvgIpc) is 2.45. The zero-order valence-electron chi connectivity index (χ0n) is 13.4. The number of carbonyl (C=O) groups is 1. The maximum atomic E-state index is 12.0. The summed E-state index contributed by atoms with van der Waals surface area (Å²) in [6.45, 7) is 8.85. The minimum absolute atomic E-state index is 0.226. The van der Waals surface area contributed by atoms with Crippen molar-refractivity contribution in [3.05, 3.63) is 17.8 Å². The molecule has 0 spiro atoms. The fourth-order valence-corrected chi connectivity index (χ4v) is 1.50. The molecule has 6 heteroatoms. The number of aromatic nitrogens is 1. The largest absolute Gasteiger partial charge is 0.475 e. The van der Waals surface area contributed by atoms with Crippen molar-refractivity contribution in [1.29, 1.82) is 0 Å². The summed E-state index contributed by atoms with van der Waals surface area (Å²) >= 11 is 0. The van der Waals surface area contributed by atoms with E-state index in [1.807, 2.05) is 19.9 Å². The summed E-state index contributed by atoms with van der Waals surface area (Å²) in [5.41, 5.74) is 0.569. The molecule has 0 aliphatic carbocycles. The summed E-state index contributed by atoms with van der Waals surface area (Å²) in [4.78, 5) is 16.2. The predicted molar refractivity (Wildman–Crippen MR) is 80.7 cm³/mol. The van der Waals surface area contributed by atoms with Crippen LogP contribution < -0.4 is 10.1 Å². The lowest BCUT2D eigenvalue weighted by Crippen LogP contribution is -2.38. The van der Waals surface area contributed by atoms with Gasteiger partial charge in [0.15, 0.2) is 0 Å². The molecule has 0 aliphatic rings. The van der Waals surface area contributed by atoms with Crippen LogP contribution in [0.25, 0.3) is 0 Å². The van der Waals surface area contributed by atoms with Gasteiger partial charge in [0.1, 0.15) is 12.2 Å². The second kappa shape index (κ2) is 7.95. The van der Waals surface area contributed by atoms with E-state index in [-0.39, 0.29) is 5.91 Å². The summed E-state index contributed by atoms with van der Waals surface area (Å²) < 4.78 is 15.8. The van der Waals surface area contributed by atoms with Crippen molar-refractivity contribution in [1.82, 2.24) is 4.98 Å². The molecule has 0 saturated heterocycles. The highest BCUT2D eigenvalue weighted by Gasteiger charge is 2.27. The molecule has 1 amide bonds. The van der Waals surface area contributed by atoms with Gasteiger partial charge in [-0.1, -0.05) is 0 Å². The van der Waals surface area contributed by atoms with E-state index in [2.05, 4.69) is 10.3 Å². The van der Waals surface area contributed by atoms with Crippen LogP contribution in [-0.2, 0) is 14.3 Å². The number of aryl methyl sites for hydroxylation is 1. The van der Waals surface area contributed by atoms with Gasteiger partial charge in [-0.2, -0.15) is 0 Å². The molecule has 1 rings (SSSR count). The lowest BCUT2D eigenvalue weighted by atomic mass is 10.1. The lowest BCUT2D eigenvalue weighted by molar-refractivity contribution is -0.133. The quantitative estimate of drug-likeness (QED) is 0.745. The van der Waals surface area contributed by atoms with Crippen LogP contribution in [0.1, 0.15) is 26.3 Å². The Morgan fingerprint density at radius 1 is 1.38 bits per heavy atom. The van der Waals surface area contributed by atoms with Crippen molar-refractivity contribution in [2.24, 2.45) is 0 Å². The molecule has 0 saturated carbocycles. The Kier molecular flexibility index (Phi) is 6.58. The molecule has 0 aromatic carbocycles. The summed E-state index contributed by atoms with van der Waals surface area (Å²) in [5.74, 6) is 0.315. The summed E-state index contributed by atoms with van der Waals surface area (Å²) in [6, 6.07) is 1.81. The van der Waals surface area contributed by atoms with E-state index >= 15 is 0 Å². The Hall–Kier alpha value is -1.66. The molecule has 0 bridgehead atoms. The van der Waals surface area contributed by atoms with Crippen LogP contribution in [0.4, 0.5) is 5.69 Å². The number of hydrogen-bond donors (Lipinski definition) is 1. The van der Waals surface area contributed by atoms with Gasteiger partial charge in [-0.05, 0) is 33.8 Å². The fourth-order valence-electron chi connectivity index (χ4n) is 1.50. The second-order valence-electron chi connectivity index (χ2n) is 5.06. The highest BCUT2D eigenvalue weighted by atomic mass is 16.5. The normalized spacial score (nSPS) is 11.3. The Balaban J connectivity index is 2.63. The van der Waals surface area contributed by atoms with E-state index in [1.165, 1.54) is 7.11 Å². The van der Waals surface area contributed by atoms with Crippen LogP contribution in [-0.4, -0.2) is 43.4 Å². The Morgan fingerprint density at radius 2 is 2.10 bits per heavy atom. The van der Waals surface area contributed by atoms with Gasteiger partial charge in [0, 0.05) is 19.3 Å². The molecule has 1 N–H and O–H groups in total. The van der Waals surface area contributed by atoms with Crippen LogP contribution in [0.5, 0.6) is 5.88 Å². The summed E-state index contributed by atoms with van der Waals surface area (Å²) in [5, 5.41) is 2.77. The third-order valence-corrected chi connectivity index (χ3v) is 3.02. The smallest absolute Gasteiger partial charge is 0.256 e. The number of rotatable bonds is 8. The minimum atomic E-state index is -0.888. The van der Waals surface area contributed by atoms with E-state index in [4.69, 9.17) is 14.2 Å². The molecule has 1 aromatic heterocycles. The van der Waals surface area contributed by atoms with Gasteiger partial charge in [-0.3, -0.25) is 4.79 Å². The molecule has 0 atom stereocenters. The number of ether oxygens (including phenoxy) is 3. The van der Waals surface area contributed by atoms with Crippen molar-refractivity contribution >= 4 is 11.6 Å². The summed E-state index contributed by atoms with van der Waals surface area (Å²) in [7, 11) is 1.50. The first-order valence-corrected chi connectivity index (χ1v) is 6.94. The topological polar surface area (TPSA) is 69.7 Å². The van der Waals surface area contributed by atoms with Crippen molar-refractivity contribution in [3.63, 3.8) is 0 Å². The monoisotopic (exact) mass is 296 g/mol. The number of nitrogens with one attached hydrogen (secondary N) is 1. The van der Waals surface area contributed by atoms with Crippen molar-refractivity contribution < 1.29 is 19.0 Å². The number of hydrogen-bond acceptors (Lipinski definition) is 5. The van der Waals surface area contributed by atoms with Gasteiger partial charge in [0.05, 0.1) is 18.5 Å². The molecule has 0 unspecified atom stereocenters. The highest BCUT2D eigenvalue weighted by molar-refractivity contribution is 5.96. The predicted octanol–water partition coefficient (Wildman–Crippen LogP) is 2.17. The molecular weight excluding hydrogens is 272 g/mol. The summed E-state index contributed by atoms with van der Waals surface area (Å²) in [6.07, 6.45) is 1.56. The maximum absolute atomic E-state index is 12.0. The molecule has 6 nitrogen and oxygen atoms in total. The van der Waals surface area contributed by atoms with E-state index in [0.29, 0.717) is 31.4 Å². The number of methoxy groups -OCH3 is 1. The van der Waals surface area contributed by atoms with Gasteiger partial charge in [-0.15, -0.1) is 0 Å². The number of pyridine rings is 1.